The lowest BCUT2D eigenvalue weighted by Crippen LogP contribution is -2.20. The van der Waals surface area contributed by atoms with E-state index < -0.39 is 0 Å². The second-order valence-electron chi connectivity index (χ2n) is 4.89. The van der Waals surface area contributed by atoms with Crippen LogP contribution in [-0.2, 0) is 10.5 Å². The Kier molecular flexibility index (Phi) is 6.27. The van der Waals surface area contributed by atoms with Gasteiger partial charge in [-0.1, -0.05) is 41.1 Å². The van der Waals surface area contributed by atoms with Crippen LogP contribution in [0.3, 0.4) is 0 Å². The Morgan fingerprint density at radius 2 is 1.88 bits per heavy atom. The monoisotopic (exact) mass is 391 g/mol. The lowest BCUT2D eigenvalue weighted by atomic mass is 10.3. The standard InChI is InChI=1S/C17H14ClN3O2S2/c18-12-6-8-13(9-7-12)23-10-15(22)19-17-21-20-16(25-17)11-24-14-4-2-1-3-5-14/h1-9H,10-11H2,(H,19,21,22). The third kappa shape index (κ3) is 5.74. The van der Waals surface area contributed by atoms with Gasteiger partial charge in [0.15, 0.2) is 6.61 Å². The number of halogens is 1. The van der Waals surface area contributed by atoms with Crippen LogP contribution in [0.5, 0.6) is 5.75 Å². The van der Waals surface area contributed by atoms with Gasteiger partial charge in [-0.25, -0.2) is 0 Å². The number of nitrogens with one attached hydrogen (secondary N) is 1. The summed E-state index contributed by atoms with van der Waals surface area (Å²) in [6.07, 6.45) is 0. The van der Waals surface area contributed by atoms with Crippen molar-refractivity contribution >= 4 is 45.7 Å². The van der Waals surface area contributed by atoms with Crippen molar-refractivity contribution in [2.75, 3.05) is 11.9 Å². The molecule has 0 spiro atoms. The molecule has 5 nitrogen and oxygen atoms in total. The summed E-state index contributed by atoms with van der Waals surface area (Å²) in [6.45, 7) is -0.102. The second-order valence-corrected chi connectivity index (χ2v) is 7.44. The molecule has 0 aliphatic carbocycles. The summed E-state index contributed by atoms with van der Waals surface area (Å²) in [6, 6.07) is 16.9. The number of amides is 1. The molecule has 0 radical (unpaired) electrons. The lowest BCUT2D eigenvalue weighted by molar-refractivity contribution is -0.118. The van der Waals surface area contributed by atoms with E-state index in [1.807, 2.05) is 30.3 Å². The van der Waals surface area contributed by atoms with Crippen LogP contribution in [-0.4, -0.2) is 22.7 Å². The van der Waals surface area contributed by atoms with Crippen LogP contribution in [0.15, 0.2) is 59.5 Å². The fourth-order valence-corrected chi connectivity index (χ4v) is 3.65. The number of hydrogen-bond acceptors (Lipinski definition) is 6. The highest BCUT2D eigenvalue weighted by Crippen LogP contribution is 2.25. The number of aromatic nitrogens is 2. The van der Waals surface area contributed by atoms with Gasteiger partial charge in [-0.05, 0) is 36.4 Å². The molecule has 1 N–H and O–H groups in total. The molecule has 0 bridgehead atoms. The summed E-state index contributed by atoms with van der Waals surface area (Å²) in [5, 5.41) is 12.7. The van der Waals surface area contributed by atoms with Crippen LogP contribution < -0.4 is 10.1 Å². The molecule has 1 amide bonds. The maximum absolute atomic E-state index is 11.9. The van der Waals surface area contributed by atoms with Crippen molar-refractivity contribution < 1.29 is 9.53 Å². The van der Waals surface area contributed by atoms with Gasteiger partial charge in [0, 0.05) is 9.92 Å². The van der Waals surface area contributed by atoms with Gasteiger partial charge >= 0.3 is 0 Å². The number of anilines is 1. The number of hydrogen-bond donors (Lipinski definition) is 1. The summed E-state index contributed by atoms with van der Waals surface area (Å²) in [5.41, 5.74) is 0. The van der Waals surface area contributed by atoms with E-state index in [9.17, 15) is 4.79 Å². The van der Waals surface area contributed by atoms with E-state index in [0.29, 0.717) is 21.7 Å². The van der Waals surface area contributed by atoms with Crippen molar-refractivity contribution in [3.05, 3.63) is 64.6 Å². The third-order valence-corrected chi connectivity index (χ3v) is 5.30. The largest absolute Gasteiger partial charge is 0.484 e. The number of rotatable bonds is 7. The van der Waals surface area contributed by atoms with E-state index in [2.05, 4.69) is 15.5 Å². The van der Waals surface area contributed by atoms with Crippen LogP contribution in [0.2, 0.25) is 5.02 Å². The van der Waals surface area contributed by atoms with Crippen LogP contribution in [0.1, 0.15) is 5.01 Å². The van der Waals surface area contributed by atoms with Gasteiger partial charge in [0.1, 0.15) is 10.8 Å². The average molecular weight is 392 g/mol. The van der Waals surface area contributed by atoms with Gasteiger partial charge in [-0.2, -0.15) is 0 Å². The normalized spacial score (nSPS) is 10.4. The first kappa shape index (κ1) is 17.7. The fourth-order valence-electron chi connectivity index (χ4n) is 1.86. The van der Waals surface area contributed by atoms with E-state index in [1.54, 1.807) is 36.0 Å². The van der Waals surface area contributed by atoms with E-state index in [-0.39, 0.29) is 12.5 Å². The Morgan fingerprint density at radius 3 is 2.64 bits per heavy atom. The molecule has 0 saturated heterocycles. The molecular weight excluding hydrogens is 378 g/mol. The molecule has 1 aromatic heterocycles. The zero-order chi connectivity index (χ0) is 17.5. The minimum absolute atomic E-state index is 0.102. The van der Waals surface area contributed by atoms with Gasteiger partial charge in [-0.15, -0.1) is 22.0 Å². The molecule has 0 unspecified atom stereocenters. The predicted octanol–water partition coefficient (Wildman–Crippen LogP) is 4.50. The summed E-state index contributed by atoms with van der Waals surface area (Å²) >= 11 is 8.83. The predicted molar refractivity (Wildman–Crippen MR) is 101 cm³/mol. The van der Waals surface area contributed by atoms with Gasteiger partial charge < -0.3 is 4.74 Å². The smallest absolute Gasteiger partial charge is 0.264 e. The maximum atomic E-state index is 11.9. The highest BCUT2D eigenvalue weighted by Gasteiger charge is 2.09. The van der Waals surface area contributed by atoms with E-state index in [4.69, 9.17) is 16.3 Å². The van der Waals surface area contributed by atoms with E-state index >= 15 is 0 Å². The van der Waals surface area contributed by atoms with Crippen LogP contribution >= 0.6 is 34.7 Å². The van der Waals surface area contributed by atoms with Crippen LogP contribution in [0.25, 0.3) is 0 Å². The SMILES string of the molecule is O=C(COc1ccc(Cl)cc1)Nc1nnc(CSc2ccccc2)s1. The molecule has 0 atom stereocenters. The van der Waals surface area contributed by atoms with E-state index in [0.717, 1.165) is 5.01 Å². The number of carbonyl (C=O) groups excluding carboxylic acids is 1. The molecule has 0 aliphatic heterocycles. The molecule has 128 valence electrons. The molecule has 0 fully saturated rings. The molecule has 25 heavy (non-hydrogen) atoms. The first-order valence-electron chi connectivity index (χ1n) is 7.37. The summed E-state index contributed by atoms with van der Waals surface area (Å²) in [4.78, 5) is 13.1. The Balaban J connectivity index is 1.45. The summed E-state index contributed by atoms with van der Waals surface area (Å²) < 4.78 is 5.39. The molecular formula is C17H14ClN3O2S2. The Morgan fingerprint density at radius 1 is 1.12 bits per heavy atom. The highest BCUT2D eigenvalue weighted by atomic mass is 35.5. The van der Waals surface area contributed by atoms with Gasteiger partial charge in [-0.3, -0.25) is 10.1 Å². The van der Waals surface area contributed by atoms with Crippen molar-refractivity contribution in [2.24, 2.45) is 0 Å². The minimum atomic E-state index is -0.284. The average Bonchev–Trinajstić information content (AvgIpc) is 3.08. The number of thioether (sulfide) groups is 1. The van der Waals surface area contributed by atoms with Crippen molar-refractivity contribution in [2.45, 2.75) is 10.6 Å². The maximum Gasteiger partial charge on any atom is 0.264 e. The first-order valence-corrected chi connectivity index (χ1v) is 9.55. The summed E-state index contributed by atoms with van der Waals surface area (Å²) in [5.74, 6) is 1.00. The van der Waals surface area contributed by atoms with Crippen LogP contribution in [0, 0.1) is 0 Å². The third-order valence-electron chi connectivity index (χ3n) is 3.00. The Hall–Kier alpha value is -2.09. The molecule has 3 rings (SSSR count). The fraction of sp³-hybridized carbons (Fsp3) is 0.118. The number of benzene rings is 2. The topological polar surface area (TPSA) is 64.1 Å². The molecule has 8 heteroatoms. The quantitative estimate of drug-likeness (QED) is 0.600. The number of carbonyl (C=O) groups is 1. The van der Waals surface area contributed by atoms with Crippen molar-refractivity contribution in [3.63, 3.8) is 0 Å². The second kappa shape index (κ2) is 8.84. The van der Waals surface area contributed by atoms with Crippen LogP contribution in [0.4, 0.5) is 5.13 Å². The zero-order valence-corrected chi connectivity index (χ0v) is 15.4. The van der Waals surface area contributed by atoms with Gasteiger partial charge in [0.25, 0.3) is 5.91 Å². The Bertz CT molecular complexity index is 825. The lowest BCUT2D eigenvalue weighted by Gasteiger charge is -2.05. The molecule has 0 aliphatic rings. The minimum Gasteiger partial charge on any atom is -0.484 e. The zero-order valence-electron chi connectivity index (χ0n) is 13.0. The van der Waals surface area contributed by atoms with Gasteiger partial charge in [0.2, 0.25) is 5.13 Å². The van der Waals surface area contributed by atoms with E-state index in [1.165, 1.54) is 16.2 Å². The highest BCUT2D eigenvalue weighted by molar-refractivity contribution is 7.98. The molecule has 2 aromatic carbocycles. The van der Waals surface area contributed by atoms with Crippen molar-refractivity contribution in [1.29, 1.82) is 0 Å². The van der Waals surface area contributed by atoms with Crippen molar-refractivity contribution in [3.8, 4) is 5.75 Å². The molecule has 3 aromatic rings. The Labute approximate surface area is 158 Å². The molecule has 0 saturated carbocycles. The molecule has 1 heterocycles. The van der Waals surface area contributed by atoms with Crippen molar-refractivity contribution in [1.82, 2.24) is 10.2 Å². The first-order chi connectivity index (χ1) is 12.2. The number of nitrogens with zero attached hydrogens (tertiary/aromatic N) is 2. The van der Waals surface area contributed by atoms with Gasteiger partial charge in [0.05, 0.1) is 5.75 Å². The number of ether oxygens (including phenoxy) is 1. The summed E-state index contributed by atoms with van der Waals surface area (Å²) in [7, 11) is 0.